The van der Waals surface area contributed by atoms with Crippen molar-refractivity contribution >= 4 is 23.2 Å². The molecule has 4 fully saturated rings. The third-order valence-electron chi connectivity index (χ3n) is 7.22. The summed E-state index contributed by atoms with van der Waals surface area (Å²) < 4.78 is 4.40. The van der Waals surface area contributed by atoms with Crippen LogP contribution in [0.2, 0.25) is 0 Å². The summed E-state index contributed by atoms with van der Waals surface area (Å²) in [6.07, 6.45) is 9.21. The van der Waals surface area contributed by atoms with Gasteiger partial charge in [-0.15, -0.1) is 0 Å². The minimum absolute atomic E-state index is 0.0305. The SMILES string of the molecule is CC(C)[C@@H](CC(=O)CC12CC3CC(CC(C3)C1)C2)c1cc(C(=O)NO)sn1. The smallest absolute Gasteiger partial charge is 0.286 e. The molecular formula is C21H30N2O3S. The molecule has 2 N–H and O–H groups in total. The second-order valence-electron chi connectivity index (χ2n) is 9.74. The lowest BCUT2D eigenvalue weighted by Gasteiger charge is -2.56. The van der Waals surface area contributed by atoms with Gasteiger partial charge in [-0.25, -0.2) is 5.48 Å². The molecule has 1 atom stereocenters. The van der Waals surface area contributed by atoms with Crippen molar-refractivity contribution in [2.24, 2.45) is 29.1 Å². The van der Waals surface area contributed by atoms with E-state index in [4.69, 9.17) is 5.21 Å². The minimum Gasteiger partial charge on any atom is -0.300 e. The van der Waals surface area contributed by atoms with Crippen LogP contribution in [0, 0.1) is 29.1 Å². The van der Waals surface area contributed by atoms with Crippen LogP contribution in [0.15, 0.2) is 6.07 Å². The number of hydrogen-bond donors (Lipinski definition) is 2. The van der Waals surface area contributed by atoms with Gasteiger partial charge in [0, 0.05) is 18.8 Å². The summed E-state index contributed by atoms with van der Waals surface area (Å²) in [5, 5.41) is 8.81. The predicted molar refractivity (Wildman–Crippen MR) is 104 cm³/mol. The monoisotopic (exact) mass is 390 g/mol. The zero-order valence-corrected chi connectivity index (χ0v) is 17.1. The van der Waals surface area contributed by atoms with Crippen LogP contribution >= 0.6 is 11.5 Å². The third-order valence-corrected chi connectivity index (χ3v) is 8.03. The zero-order chi connectivity index (χ0) is 19.2. The molecule has 0 spiro atoms. The van der Waals surface area contributed by atoms with Gasteiger partial charge < -0.3 is 0 Å². The summed E-state index contributed by atoms with van der Waals surface area (Å²) in [7, 11) is 0. The zero-order valence-electron chi connectivity index (χ0n) is 16.2. The molecule has 0 unspecified atom stereocenters. The molecule has 4 aliphatic carbocycles. The summed E-state index contributed by atoms with van der Waals surface area (Å²) in [5.41, 5.74) is 2.73. The predicted octanol–water partition coefficient (Wildman–Crippen LogP) is 4.57. The lowest BCUT2D eigenvalue weighted by atomic mass is 9.48. The van der Waals surface area contributed by atoms with Crippen molar-refractivity contribution in [1.29, 1.82) is 0 Å². The van der Waals surface area contributed by atoms with Gasteiger partial charge in [-0.2, -0.15) is 4.37 Å². The second-order valence-corrected chi connectivity index (χ2v) is 10.5. The summed E-state index contributed by atoms with van der Waals surface area (Å²) >= 11 is 1.08. The van der Waals surface area contributed by atoms with Crippen molar-refractivity contribution in [1.82, 2.24) is 9.85 Å². The average molecular weight is 391 g/mol. The van der Waals surface area contributed by atoms with Crippen LogP contribution in [0.3, 0.4) is 0 Å². The molecule has 1 heterocycles. The number of nitrogens with one attached hydrogen (secondary N) is 1. The van der Waals surface area contributed by atoms with Crippen LogP contribution < -0.4 is 5.48 Å². The van der Waals surface area contributed by atoms with Crippen LogP contribution in [-0.2, 0) is 4.79 Å². The van der Waals surface area contributed by atoms with E-state index < -0.39 is 5.91 Å². The molecule has 6 heteroatoms. The highest BCUT2D eigenvalue weighted by Gasteiger charge is 2.51. The molecule has 4 bridgehead atoms. The van der Waals surface area contributed by atoms with Crippen molar-refractivity contribution in [3.8, 4) is 0 Å². The number of Topliss-reactive ketones (excluding diaryl/α,β-unsaturated/α-hetero) is 1. The molecular weight excluding hydrogens is 360 g/mol. The molecule has 4 aliphatic rings. The van der Waals surface area contributed by atoms with Crippen LogP contribution in [-0.4, -0.2) is 21.3 Å². The fourth-order valence-corrected chi connectivity index (χ4v) is 7.24. The Morgan fingerprint density at radius 3 is 2.33 bits per heavy atom. The largest absolute Gasteiger partial charge is 0.300 e. The van der Waals surface area contributed by atoms with Crippen LogP contribution in [0.5, 0.6) is 0 Å². The molecule has 148 valence electrons. The lowest BCUT2D eigenvalue weighted by molar-refractivity contribution is -0.128. The van der Waals surface area contributed by atoms with Crippen molar-refractivity contribution in [2.45, 2.75) is 71.1 Å². The Morgan fingerprint density at radius 2 is 1.81 bits per heavy atom. The summed E-state index contributed by atoms with van der Waals surface area (Å²) in [4.78, 5) is 25.0. The summed E-state index contributed by atoms with van der Waals surface area (Å²) in [6.45, 7) is 4.21. The van der Waals surface area contributed by atoms with E-state index in [1.165, 1.54) is 38.5 Å². The fraction of sp³-hybridized carbons (Fsp3) is 0.762. The Balaban J connectivity index is 1.44. The number of carbonyl (C=O) groups excluding carboxylic acids is 2. The summed E-state index contributed by atoms with van der Waals surface area (Å²) in [6, 6.07) is 1.72. The van der Waals surface area contributed by atoms with Gasteiger partial charge in [0.05, 0.1) is 5.69 Å². The van der Waals surface area contributed by atoms with Crippen LogP contribution in [0.25, 0.3) is 0 Å². The Hall–Kier alpha value is -1.27. The fourth-order valence-electron chi connectivity index (χ4n) is 6.55. The number of hydroxylamine groups is 1. The van der Waals surface area contributed by atoms with Crippen molar-refractivity contribution in [2.75, 3.05) is 0 Å². The van der Waals surface area contributed by atoms with Crippen molar-refractivity contribution in [3.05, 3.63) is 16.6 Å². The highest BCUT2D eigenvalue weighted by molar-refractivity contribution is 7.08. The van der Waals surface area contributed by atoms with Crippen molar-refractivity contribution in [3.63, 3.8) is 0 Å². The highest BCUT2D eigenvalue weighted by Crippen LogP contribution is 2.61. The molecule has 0 radical (unpaired) electrons. The quantitative estimate of drug-likeness (QED) is 0.528. The molecule has 0 aromatic carbocycles. The van der Waals surface area contributed by atoms with Gasteiger partial charge in [0.15, 0.2) is 0 Å². The normalized spacial score (nSPS) is 32.7. The van der Waals surface area contributed by atoms with E-state index in [1.807, 2.05) is 0 Å². The Labute approximate surface area is 165 Å². The molecule has 1 aromatic rings. The molecule has 0 saturated heterocycles. The first kappa shape index (κ1) is 19.1. The number of aromatic nitrogens is 1. The standard InChI is InChI=1S/C21H30N2O3S/c1-12(2)17(18-7-19(27-23-18)20(25)22-26)6-16(24)11-21-8-13-3-14(9-21)5-15(4-13)10-21/h7,12-15,17,26H,3-6,8-11H2,1-2H3,(H,22,25)/t13?,14?,15?,17-,21?/m1/s1. The first-order chi connectivity index (χ1) is 12.9. The van der Waals surface area contributed by atoms with Crippen LogP contribution in [0.4, 0.5) is 0 Å². The van der Waals surface area contributed by atoms with E-state index in [9.17, 15) is 9.59 Å². The maximum absolute atomic E-state index is 13.1. The molecule has 4 saturated carbocycles. The van der Waals surface area contributed by atoms with Gasteiger partial charge in [0.25, 0.3) is 5.91 Å². The van der Waals surface area contributed by atoms with E-state index in [2.05, 4.69) is 18.2 Å². The Bertz CT molecular complexity index is 691. The number of nitrogens with zero attached hydrogens (tertiary/aromatic N) is 1. The number of ketones is 1. The van der Waals surface area contributed by atoms with Gasteiger partial charge in [0.1, 0.15) is 10.7 Å². The average Bonchev–Trinajstić information content (AvgIpc) is 3.06. The lowest BCUT2D eigenvalue weighted by Crippen LogP contribution is -2.47. The third kappa shape index (κ3) is 3.83. The highest BCUT2D eigenvalue weighted by atomic mass is 32.1. The van der Waals surface area contributed by atoms with Gasteiger partial charge in [-0.05, 0) is 85.2 Å². The molecule has 1 aromatic heterocycles. The van der Waals surface area contributed by atoms with E-state index in [0.29, 0.717) is 17.1 Å². The van der Waals surface area contributed by atoms with Gasteiger partial charge >= 0.3 is 0 Å². The van der Waals surface area contributed by atoms with E-state index >= 15 is 0 Å². The minimum atomic E-state index is -0.541. The van der Waals surface area contributed by atoms with E-state index in [1.54, 1.807) is 11.5 Å². The van der Waals surface area contributed by atoms with E-state index in [-0.39, 0.29) is 17.3 Å². The Morgan fingerprint density at radius 1 is 1.22 bits per heavy atom. The molecule has 5 rings (SSSR count). The Kier molecular flexibility index (Phi) is 5.14. The number of rotatable bonds is 7. The molecule has 0 aliphatic heterocycles. The van der Waals surface area contributed by atoms with Crippen LogP contribution in [0.1, 0.15) is 86.5 Å². The van der Waals surface area contributed by atoms with Gasteiger partial charge in [-0.1, -0.05) is 13.8 Å². The molecule has 27 heavy (non-hydrogen) atoms. The maximum Gasteiger partial charge on any atom is 0.286 e. The molecule has 1 amide bonds. The van der Waals surface area contributed by atoms with Crippen molar-refractivity contribution < 1.29 is 14.8 Å². The maximum atomic E-state index is 13.1. The van der Waals surface area contributed by atoms with Gasteiger partial charge in [-0.3, -0.25) is 14.8 Å². The number of carbonyl (C=O) groups is 2. The van der Waals surface area contributed by atoms with Gasteiger partial charge in [0.2, 0.25) is 0 Å². The number of hydrogen-bond acceptors (Lipinski definition) is 5. The second kappa shape index (κ2) is 7.28. The first-order valence-corrected chi connectivity index (χ1v) is 11.1. The topological polar surface area (TPSA) is 79.3 Å². The molecule has 5 nitrogen and oxygen atoms in total. The number of amides is 1. The summed E-state index contributed by atoms with van der Waals surface area (Å²) in [5.74, 6) is 2.72. The first-order valence-electron chi connectivity index (χ1n) is 10.3. The van der Waals surface area contributed by atoms with E-state index in [0.717, 1.165) is 41.4 Å².